The summed E-state index contributed by atoms with van der Waals surface area (Å²) >= 11 is 6.23. The maximum absolute atomic E-state index is 7.42. The highest BCUT2D eigenvalue weighted by molar-refractivity contribution is 6.29. The largest absolute Gasteiger partial charge is 0.392 e. The number of nitrogen functional groups attached to an aromatic ring is 1. The van der Waals surface area contributed by atoms with Crippen LogP contribution in [0.5, 0.6) is 0 Å². The predicted molar refractivity (Wildman–Crippen MR) is 113 cm³/mol. The SMILES string of the molecule is [C-]#[N+]c1c(N)nc(C)nc1N[C@@H](C)c1cc2ncc(Cl)n2nc1-c1ccccc1. The Morgan fingerprint density at radius 1 is 1.24 bits per heavy atom. The Hall–Kier alpha value is -3.70. The first-order valence-corrected chi connectivity index (χ1v) is 9.23. The van der Waals surface area contributed by atoms with Crippen LogP contribution in [-0.4, -0.2) is 24.6 Å². The second kappa shape index (κ2) is 7.37. The second-order valence-electron chi connectivity index (χ2n) is 6.50. The number of aromatic nitrogens is 5. The predicted octanol–water partition coefficient (Wildman–Crippen LogP) is 4.45. The van der Waals surface area contributed by atoms with Crippen LogP contribution in [0.15, 0.2) is 42.6 Å². The van der Waals surface area contributed by atoms with Crippen LogP contribution in [0.1, 0.15) is 24.4 Å². The van der Waals surface area contributed by atoms with E-state index < -0.39 is 0 Å². The summed E-state index contributed by atoms with van der Waals surface area (Å²) in [6, 6.07) is 11.5. The molecule has 8 nitrogen and oxygen atoms in total. The molecule has 0 saturated heterocycles. The number of nitrogens with one attached hydrogen (secondary N) is 1. The van der Waals surface area contributed by atoms with E-state index in [0.29, 0.717) is 22.4 Å². The summed E-state index contributed by atoms with van der Waals surface area (Å²) in [7, 11) is 0. The molecule has 0 spiro atoms. The number of hydrogen-bond acceptors (Lipinski definition) is 6. The molecule has 0 aliphatic heterocycles. The Morgan fingerprint density at radius 3 is 2.72 bits per heavy atom. The van der Waals surface area contributed by atoms with Gasteiger partial charge >= 0.3 is 0 Å². The lowest BCUT2D eigenvalue weighted by Crippen LogP contribution is -2.13. The number of benzene rings is 1. The molecule has 9 heteroatoms. The van der Waals surface area contributed by atoms with Crippen LogP contribution in [0.25, 0.3) is 21.7 Å². The fraction of sp³-hybridized carbons (Fsp3) is 0.150. The van der Waals surface area contributed by atoms with Crippen LogP contribution in [0.4, 0.5) is 17.3 Å². The summed E-state index contributed by atoms with van der Waals surface area (Å²) in [6.45, 7) is 11.1. The van der Waals surface area contributed by atoms with E-state index in [2.05, 4.69) is 25.1 Å². The van der Waals surface area contributed by atoms with Gasteiger partial charge in [0.15, 0.2) is 10.8 Å². The van der Waals surface area contributed by atoms with Crippen molar-refractivity contribution < 1.29 is 0 Å². The number of nitrogens with two attached hydrogens (primary N) is 1. The summed E-state index contributed by atoms with van der Waals surface area (Å²) < 4.78 is 1.59. The molecular weight excluding hydrogens is 388 g/mol. The molecule has 0 unspecified atom stereocenters. The van der Waals surface area contributed by atoms with E-state index in [1.54, 1.807) is 17.6 Å². The number of rotatable bonds is 4. The van der Waals surface area contributed by atoms with Crippen LogP contribution < -0.4 is 11.1 Å². The smallest absolute Gasteiger partial charge is 0.268 e. The molecule has 3 heterocycles. The van der Waals surface area contributed by atoms with Gasteiger partial charge in [-0.25, -0.2) is 24.3 Å². The zero-order chi connectivity index (χ0) is 20.5. The molecule has 0 saturated carbocycles. The van der Waals surface area contributed by atoms with E-state index in [9.17, 15) is 0 Å². The minimum atomic E-state index is -0.243. The second-order valence-corrected chi connectivity index (χ2v) is 6.88. The van der Waals surface area contributed by atoms with Crippen molar-refractivity contribution in [3.05, 3.63) is 70.6 Å². The molecular formula is C20H17ClN8. The highest BCUT2D eigenvalue weighted by Crippen LogP contribution is 2.34. The Bertz CT molecular complexity index is 1240. The van der Waals surface area contributed by atoms with Crippen LogP contribution in [0, 0.1) is 13.5 Å². The number of imidazole rings is 1. The molecule has 0 radical (unpaired) electrons. The molecule has 29 heavy (non-hydrogen) atoms. The lowest BCUT2D eigenvalue weighted by molar-refractivity contribution is 0.839. The molecule has 4 aromatic rings. The lowest BCUT2D eigenvalue weighted by atomic mass is 10.0. The topological polar surface area (TPSA) is 98.4 Å². The van der Waals surface area contributed by atoms with Crippen molar-refractivity contribution in [1.82, 2.24) is 24.6 Å². The van der Waals surface area contributed by atoms with E-state index in [0.717, 1.165) is 16.8 Å². The van der Waals surface area contributed by atoms with Gasteiger partial charge in [-0.15, -0.1) is 0 Å². The van der Waals surface area contributed by atoms with Gasteiger partial charge in [0.1, 0.15) is 17.5 Å². The van der Waals surface area contributed by atoms with Crippen LogP contribution in [0.2, 0.25) is 5.15 Å². The summed E-state index contributed by atoms with van der Waals surface area (Å²) in [5.41, 5.74) is 9.30. The monoisotopic (exact) mass is 404 g/mol. The summed E-state index contributed by atoms with van der Waals surface area (Å²) in [5.74, 6) is 1.03. The van der Waals surface area contributed by atoms with Gasteiger partial charge in [0, 0.05) is 11.1 Å². The molecule has 3 N–H and O–H groups in total. The van der Waals surface area contributed by atoms with Crippen molar-refractivity contribution in [2.75, 3.05) is 11.1 Å². The maximum atomic E-state index is 7.42. The van der Waals surface area contributed by atoms with E-state index in [-0.39, 0.29) is 17.5 Å². The molecule has 0 aliphatic carbocycles. The molecule has 1 aromatic carbocycles. The van der Waals surface area contributed by atoms with E-state index in [1.165, 1.54) is 0 Å². The van der Waals surface area contributed by atoms with Gasteiger partial charge in [-0.2, -0.15) is 5.10 Å². The average molecular weight is 405 g/mol. The zero-order valence-corrected chi connectivity index (χ0v) is 16.5. The molecule has 0 fully saturated rings. The van der Waals surface area contributed by atoms with Gasteiger partial charge in [-0.1, -0.05) is 41.9 Å². The standard InChI is InChI=1S/C20H17ClN8/c1-11(25-20-18(23-3)19(22)26-12(2)27-20)14-9-16-24-10-15(21)29(16)28-17(14)13-7-5-4-6-8-13/h4-11H,1-2H3,(H3,22,25,26,27)/t11-/m0/s1. The lowest BCUT2D eigenvalue weighted by Gasteiger charge is -2.20. The molecule has 3 aromatic heterocycles. The molecule has 1 atom stereocenters. The van der Waals surface area contributed by atoms with Crippen molar-refractivity contribution >= 4 is 34.6 Å². The van der Waals surface area contributed by atoms with Gasteiger partial charge in [-0.05, 0) is 19.9 Å². The number of hydrogen-bond donors (Lipinski definition) is 2. The summed E-state index contributed by atoms with van der Waals surface area (Å²) in [5, 5.41) is 8.43. The summed E-state index contributed by atoms with van der Waals surface area (Å²) in [6.07, 6.45) is 1.56. The molecule has 0 aliphatic rings. The van der Waals surface area contributed by atoms with E-state index in [1.807, 2.05) is 43.3 Å². The quantitative estimate of drug-likeness (QED) is 0.487. The normalized spacial score (nSPS) is 11.9. The van der Waals surface area contributed by atoms with Crippen molar-refractivity contribution in [3.63, 3.8) is 0 Å². The molecule has 4 rings (SSSR count). The fourth-order valence-corrected chi connectivity index (χ4v) is 3.31. The third-order valence-corrected chi connectivity index (χ3v) is 4.74. The van der Waals surface area contributed by atoms with Crippen molar-refractivity contribution in [3.8, 4) is 11.3 Å². The molecule has 0 bridgehead atoms. The molecule has 144 valence electrons. The minimum Gasteiger partial charge on any atom is -0.392 e. The Balaban J connectivity index is 1.84. The molecule has 0 amide bonds. The third-order valence-electron chi connectivity index (χ3n) is 4.48. The number of aryl methyl sites for hydroxylation is 1. The van der Waals surface area contributed by atoms with Gasteiger partial charge in [0.25, 0.3) is 5.69 Å². The maximum Gasteiger partial charge on any atom is 0.268 e. The number of fused-ring (bicyclic) bond motifs is 1. The highest BCUT2D eigenvalue weighted by atomic mass is 35.5. The minimum absolute atomic E-state index is 0.152. The van der Waals surface area contributed by atoms with E-state index >= 15 is 0 Å². The first kappa shape index (κ1) is 18.7. The van der Waals surface area contributed by atoms with Crippen molar-refractivity contribution in [1.29, 1.82) is 0 Å². The number of anilines is 2. The first-order chi connectivity index (χ1) is 14.0. The first-order valence-electron chi connectivity index (χ1n) is 8.85. The van der Waals surface area contributed by atoms with Gasteiger partial charge < -0.3 is 11.1 Å². The van der Waals surface area contributed by atoms with Crippen LogP contribution >= 0.6 is 11.6 Å². The van der Waals surface area contributed by atoms with Gasteiger partial charge in [0.05, 0.1) is 24.5 Å². The highest BCUT2D eigenvalue weighted by Gasteiger charge is 2.20. The van der Waals surface area contributed by atoms with Gasteiger partial charge in [-0.3, -0.25) is 0 Å². The van der Waals surface area contributed by atoms with Crippen LogP contribution in [-0.2, 0) is 0 Å². The van der Waals surface area contributed by atoms with Crippen molar-refractivity contribution in [2.45, 2.75) is 19.9 Å². The average Bonchev–Trinajstić information content (AvgIpc) is 3.07. The van der Waals surface area contributed by atoms with Gasteiger partial charge in [0.2, 0.25) is 0 Å². The van der Waals surface area contributed by atoms with Crippen molar-refractivity contribution in [2.24, 2.45) is 0 Å². The third kappa shape index (κ3) is 3.44. The Labute approximate surface area is 172 Å². The number of halogens is 1. The Kier molecular flexibility index (Phi) is 4.74. The fourth-order valence-electron chi connectivity index (χ4n) is 3.13. The zero-order valence-electron chi connectivity index (χ0n) is 15.8. The Morgan fingerprint density at radius 2 is 2.00 bits per heavy atom. The summed E-state index contributed by atoms with van der Waals surface area (Å²) in [4.78, 5) is 16.2. The number of nitrogens with zero attached hydrogens (tertiary/aromatic N) is 6. The van der Waals surface area contributed by atoms with Crippen LogP contribution in [0.3, 0.4) is 0 Å². The van der Waals surface area contributed by atoms with E-state index in [4.69, 9.17) is 29.0 Å².